The van der Waals surface area contributed by atoms with E-state index >= 15 is 0 Å². The molecule has 0 saturated heterocycles. The summed E-state index contributed by atoms with van der Waals surface area (Å²) in [7, 11) is -4.00. The highest BCUT2D eigenvalue weighted by atomic mass is 32.2. The van der Waals surface area contributed by atoms with Crippen LogP contribution in [0.1, 0.15) is 30.9 Å². The lowest BCUT2D eigenvalue weighted by molar-refractivity contribution is 0.326. The zero-order valence-electron chi connectivity index (χ0n) is 16.4. The lowest BCUT2D eigenvalue weighted by atomic mass is 10.0. The maximum absolute atomic E-state index is 12.7. The molecule has 0 atom stereocenters. The second-order valence-corrected chi connectivity index (χ2v) is 9.90. The summed E-state index contributed by atoms with van der Waals surface area (Å²) in [5.74, 6) is 0.348. The molecule has 0 N–H and O–H groups in total. The van der Waals surface area contributed by atoms with Crippen LogP contribution >= 0.6 is 11.3 Å². The van der Waals surface area contributed by atoms with Crippen LogP contribution < -0.4 is 5.36 Å². The van der Waals surface area contributed by atoms with Gasteiger partial charge < -0.3 is 0 Å². The number of rotatable bonds is 4. The van der Waals surface area contributed by atoms with Crippen LogP contribution in [0.5, 0.6) is 0 Å². The minimum absolute atomic E-state index is 0.0853. The Kier molecular flexibility index (Phi) is 5.15. The Bertz CT molecular complexity index is 1370. The van der Waals surface area contributed by atoms with E-state index in [1.54, 1.807) is 23.5 Å². The molecule has 3 aromatic carbocycles. The SMILES string of the molecule is Cc1ccc(S(=O)(=O)O/N=c2\c3ccccc3sc3ccc(C(C)C)cc23)cc1. The first-order valence-electron chi connectivity index (χ1n) is 9.35. The second-order valence-electron chi connectivity index (χ2n) is 7.29. The summed E-state index contributed by atoms with van der Waals surface area (Å²) < 4.78 is 32.5. The van der Waals surface area contributed by atoms with Gasteiger partial charge in [0.2, 0.25) is 0 Å². The number of hydrogen-bond donors (Lipinski definition) is 0. The third-order valence-electron chi connectivity index (χ3n) is 4.82. The van der Waals surface area contributed by atoms with E-state index in [0.29, 0.717) is 11.3 Å². The maximum atomic E-state index is 12.7. The molecule has 4 nitrogen and oxygen atoms in total. The highest BCUT2D eigenvalue weighted by Crippen LogP contribution is 2.27. The Morgan fingerprint density at radius 3 is 2.31 bits per heavy atom. The molecule has 4 aromatic rings. The van der Waals surface area contributed by atoms with Crippen LogP contribution in [0, 0.1) is 6.92 Å². The average molecular weight is 424 g/mol. The Morgan fingerprint density at radius 1 is 0.897 bits per heavy atom. The molecule has 148 valence electrons. The van der Waals surface area contributed by atoms with Gasteiger partial charge in [0, 0.05) is 20.2 Å². The van der Waals surface area contributed by atoms with Crippen LogP contribution in [0.4, 0.5) is 0 Å². The van der Waals surface area contributed by atoms with Crippen molar-refractivity contribution in [3.8, 4) is 0 Å². The molecule has 1 aromatic heterocycles. The van der Waals surface area contributed by atoms with Crippen LogP contribution in [0.25, 0.3) is 20.2 Å². The molecule has 0 fully saturated rings. The van der Waals surface area contributed by atoms with Gasteiger partial charge in [0.05, 0.1) is 0 Å². The summed E-state index contributed by atoms with van der Waals surface area (Å²) in [5.41, 5.74) is 2.14. The van der Waals surface area contributed by atoms with E-state index in [-0.39, 0.29) is 4.90 Å². The van der Waals surface area contributed by atoms with E-state index in [0.717, 1.165) is 31.3 Å². The fourth-order valence-corrected chi connectivity index (χ4v) is 4.92. The quantitative estimate of drug-likeness (QED) is 0.312. The monoisotopic (exact) mass is 423 g/mol. The van der Waals surface area contributed by atoms with Crippen LogP contribution in [-0.2, 0) is 14.4 Å². The topological polar surface area (TPSA) is 55.7 Å². The molecule has 1 heterocycles. The number of nitrogens with zero attached hydrogens (tertiary/aromatic N) is 1. The molecule has 0 radical (unpaired) electrons. The third kappa shape index (κ3) is 3.91. The largest absolute Gasteiger partial charge is 0.358 e. The normalized spacial score (nSPS) is 12.8. The fourth-order valence-electron chi connectivity index (χ4n) is 3.13. The van der Waals surface area contributed by atoms with Crippen molar-refractivity contribution >= 4 is 41.6 Å². The van der Waals surface area contributed by atoms with Crippen molar-refractivity contribution in [1.82, 2.24) is 0 Å². The molecule has 4 rings (SSSR count). The van der Waals surface area contributed by atoms with E-state index in [4.69, 9.17) is 4.28 Å². The first-order chi connectivity index (χ1) is 13.8. The summed E-state index contributed by atoms with van der Waals surface area (Å²) in [6.45, 7) is 6.15. The molecule has 0 saturated carbocycles. The molecule has 0 amide bonds. The van der Waals surface area contributed by atoms with Gasteiger partial charge in [0.25, 0.3) is 0 Å². The summed E-state index contributed by atoms with van der Waals surface area (Å²) in [5, 5.41) is 6.44. The molecule has 0 aliphatic rings. The molecular weight excluding hydrogens is 402 g/mol. The van der Waals surface area contributed by atoms with Crippen LogP contribution in [0.3, 0.4) is 0 Å². The maximum Gasteiger partial charge on any atom is 0.358 e. The molecule has 6 heteroatoms. The summed E-state index contributed by atoms with van der Waals surface area (Å²) in [6, 6.07) is 20.6. The van der Waals surface area contributed by atoms with Crippen molar-refractivity contribution in [2.45, 2.75) is 31.6 Å². The van der Waals surface area contributed by atoms with E-state index in [9.17, 15) is 8.42 Å². The molecule has 0 aliphatic heterocycles. The second kappa shape index (κ2) is 7.61. The van der Waals surface area contributed by atoms with Gasteiger partial charge >= 0.3 is 10.1 Å². The minimum atomic E-state index is -4.00. The van der Waals surface area contributed by atoms with Gasteiger partial charge in [-0.3, -0.25) is 4.28 Å². The Balaban J connectivity index is 1.94. The number of benzene rings is 3. The zero-order chi connectivity index (χ0) is 20.6. The molecular formula is C23H21NO3S2. The summed E-state index contributed by atoms with van der Waals surface area (Å²) in [6.07, 6.45) is 0. The minimum Gasteiger partial charge on any atom is -0.264 e. The average Bonchev–Trinajstić information content (AvgIpc) is 2.71. The lowest BCUT2D eigenvalue weighted by Gasteiger charge is -2.09. The number of aryl methyl sites for hydroxylation is 1. The van der Waals surface area contributed by atoms with Gasteiger partial charge in [0.15, 0.2) is 0 Å². The van der Waals surface area contributed by atoms with Gasteiger partial charge in [-0.15, -0.1) is 11.3 Å². The van der Waals surface area contributed by atoms with Crippen molar-refractivity contribution < 1.29 is 12.7 Å². The van der Waals surface area contributed by atoms with Crippen LogP contribution in [0.2, 0.25) is 0 Å². The Morgan fingerprint density at radius 2 is 1.59 bits per heavy atom. The molecule has 0 aliphatic carbocycles. The van der Waals surface area contributed by atoms with Crippen molar-refractivity contribution in [1.29, 1.82) is 0 Å². The smallest absolute Gasteiger partial charge is 0.264 e. The number of hydrogen-bond acceptors (Lipinski definition) is 5. The zero-order valence-corrected chi connectivity index (χ0v) is 18.0. The van der Waals surface area contributed by atoms with Crippen molar-refractivity contribution in [2.24, 2.45) is 5.16 Å². The van der Waals surface area contributed by atoms with Gasteiger partial charge in [-0.25, -0.2) is 0 Å². The summed E-state index contributed by atoms with van der Waals surface area (Å²) >= 11 is 1.65. The van der Waals surface area contributed by atoms with Crippen molar-refractivity contribution in [3.05, 3.63) is 83.2 Å². The summed E-state index contributed by atoms with van der Waals surface area (Å²) in [4.78, 5) is 0.0853. The lowest BCUT2D eigenvalue weighted by Crippen LogP contribution is -2.10. The van der Waals surface area contributed by atoms with Gasteiger partial charge in [-0.1, -0.05) is 61.0 Å². The Labute approximate surface area is 174 Å². The van der Waals surface area contributed by atoms with Crippen molar-refractivity contribution in [3.63, 3.8) is 0 Å². The first kappa shape index (κ1) is 19.6. The van der Waals surface area contributed by atoms with Crippen LogP contribution in [0.15, 0.2) is 76.8 Å². The highest BCUT2D eigenvalue weighted by molar-refractivity contribution is 7.86. The molecule has 0 unspecified atom stereocenters. The van der Waals surface area contributed by atoms with E-state index < -0.39 is 10.1 Å². The van der Waals surface area contributed by atoms with Crippen molar-refractivity contribution in [2.75, 3.05) is 0 Å². The third-order valence-corrected chi connectivity index (χ3v) is 7.10. The predicted molar refractivity (Wildman–Crippen MR) is 118 cm³/mol. The Hall–Kier alpha value is -2.70. The van der Waals surface area contributed by atoms with E-state index in [1.165, 1.54) is 12.1 Å². The van der Waals surface area contributed by atoms with Crippen LogP contribution in [-0.4, -0.2) is 8.42 Å². The van der Waals surface area contributed by atoms with E-state index in [1.807, 2.05) is 31.2 Å². The molecule has 0 bridgehead atoms. The number of fused-ring (bicyclic) bond motifs is 2. The van der Waals surface area contributed by atoms with Gasteiger partial charge in [-0.2, -0.15) is 8.42 Å². The fraction of sp³-hybridized carbons (Fsp3) is 0.174. The predicted octanol–water partition coefficient (Wildman–Crippen LogP) is 5.71. The standard InChI is InChI=1S/C23H21NO3S2/c1-15(2)17-10-13-22-20(14-17)23(19-6-4-5-7-21(19)28-22)24-27-29(25,26)18-11-8-16(3)9-12-18/h4-15H,1-3H3/b24-23+. The molecule has 0 spiro atoms. The molecule has 29 heavy (non-hydrogen) atoms. The first-order valence-corrected chi connectivity index (χ1v) is 11.6. The van der Waals surface area contributed by atoms with E-state index in [2.05, 4.69) is 37.2 Å². The van der Waals surface area contributed by atoms with Gasteiger partial charge in [-0.05, 0) is 48.7 Å². The van der Waals surface area contributed by atoms with Gasteiger partial charge in [0.1, 0.15) is 10.3 Å². The highest BCUT2D eigenvalue weighted by Gasteiger charge is 2.16.